The Morgan fingerprint density at radius 3 is 2.62 bits per heavy atom. The van der Waals surface area contributed by atoms with Crippen molar-refractivity contribution in [2.24, 2.45) is 0 Å². The number of hydrogen-bond acceptors (Lipinski definition) is 1. The third-order valence-electron chi connectivity index (χ3n) is 2.89. The second kappa shape index (κ2) is 3.67. The summed E-state index contributed by atoms with van der Waals surface area (Å²) in [7, 11) is 0. The normalized spacial score (nSPS) is 10.9. The number of aryl methyl sites for hydroxylation is 3. The van der Waals surface area contributed by atoms with Gasteiger partial charge in [-0.25, -0.2) is 4.79 Å². The van der Waals surface area contributed by atoms with Crippen LogP contribution in [0.15, 0.2) is 18.3 Å². The molecule has 0 amide bonds. The lowest BCUT2D eigenvalue weighted by Crippen LogP contribution is -2.02. The molecule has 0 radical (unpaired) electrons. The first-order valence-electron chi connectivity index (χ1n) is 5.38. The van der Waals surface area contributed by atoms with Gasteiger partial charge in [0.1, 0.15) is 0 Å². The first-order valence-corrected chi connectivity index (χ1v) is 5.38. The van der Waals surface area contributed by atoms with Gasteiger partial charge in [0.2, 0.25) is 0 Å². The lowest BCUT2D eigenvalue weighted by molar-refractivity contribution is 0.0698. The number of carboxylic acids is 1. The first kappa shape index (κ1) is 10.7. The maximum absolute atomic E-state index is 11.2. The van der Waals surface area contributed by atoms with E-state index in [1.54, 1.807) is 6.07 Å². The van der Waals surface area contributed by atoms with Gasteiger partial charge in [0, 0.05) is 18.1 Å². The number of aromatic carboxylic acids is 1. The summed E-state index contributed by atoms with van der Waals surface area (Å²) < 4.78 is 1.99. The molecule has 2 rings (SSSR count). The fourth-order valence-electron chi connectivity index (χ4n) is 2.17. The number of fused-ring (bicyclic) bond motifs is 1. The molecule has 0 aliphatic heterocycles. The number of carboxylic acid groups (broad SMARTS) is 1. The second-order valence-electron chi connectivity index (χ2n) is 4.11. The van der Waals surface area contributed by atoms with Gasteiger partial charge in [-0.2, -0.15) is 0 Å². The predicted molar refractivity (Wildman–Crippen MR) is 64.0 cm³/mol. The third kappa shape index (κ3) is 1.48. The summed E-state index contributed by atoms with van der Waals surface area (Å²) in [5.41, 5.74) is 3.34. The Bertz CT molecular complexity index is 567. The zero-order valence-electron chi connectivity index (χ0n) is 9.74. The summed E-state index contributed by atoms with van der Waals surface area (Å²) >= 11 is 0. The van der Waals surface area contributed by atoms with E-state index in [2.05, 4.69) is 0 Å². The molecule has 0 aliphatic carbocycles. The summed E-state index contributed by atoms with van der Waals surface area (Å²) in [5, 5.41) is 10.3. The van der Waals surface area contributed by atoms with Crippen molar-refractivity contribution in [2.45, 2.75) is 27.3 Å². The van der Waals surface area contributed by atoms with Gasteiger partial charge in [-0.1, -0.05) is 0 Å². The molecule has 1 aromatic heterocycles. The number of carbonyl (C=O) groups is 1. The van der Waals surface area contributed by atoms with Gasteiger partial charge in [0.05, 0.1) is 11.1 Å². The molecule has 1 N–H and O–H groups in total. The molecule has 0 unspecified atom stereocenters. The highest BCUT2D eigenvalue weighted by atomic mass is 16.4. The molecule has 0 atom stereocenters. The van der Waals surface area contributed by atoms with Gasteiger partial charge in [0.25, 0.3) is 0 Å². The summed E-state index contributed by atoms with van der Waals surface area (Å²) in [5.74, 6) is -0.860. The Morgan fingerprint density at radius 1 is 1.38 bits per heavy atom. The standard InChI is InChI=1S/C13H15NO2/c1-4-14-7-9(3)10-5-8(2)6-11(12(10)14)13(15)16/h5-7H,4H2,1-3H3,(H,15,16). The van der Waals surface area contributed by atoms with Crippen molar-refractivity contribution >= 4 is 16.9 Å². The number of nitrogens with zero attached hydrogens (tertiary/aromatic N) is 1. The van der Waals surface area contributed by atoms with Crippen molar-refractivity contribution < 1.29 is 9.90 Å². The molecule has 0 aliphatic rings. The Balaban J connectivity index is 2.92. The van der Waals surface area contributed by atoms with Crippen LogP contribution in [-0.2, 0) is 6.54 Å². The highest BCUT2D eigenvalue weighted by Crippen LogP contribution is 2.26. The zero-order chi connectivity index (χ0) is 11.9. The number of rotatable bonds is 2. The van der Waals surface area contributed by atoms with Crippen LogP contribution < -0.4 is 0 Å². The van der Waals surface area contributed by atoms with E-state index >= 15 is 0 Å². The van der Waals surface area contributed by atoms with Crippen LogP contribution in [0.1, 0.15) is 28.4 Å². The van der Waals surface area contributed by atoms with Gasteiger partial charge < -0.3 is 9.67 Å². The molecule has 0 saturated heterocycles. The molecule has 0 fully saturated rings. The third-order valence-corrected chi connectivity index (χ3v) is 2.89. The lowest BCUT2D eigenvalue weighted by atomic mass is 10.1. The Kier molecular flexibility index (Phi) is 2.46. The number of hydrogen-bond donors (Lipinski definition) is 1. The van der Waals surface area contributed by atoms with Crippen LogP contribution in [0.25, 0.3) is 10.9 Å². The van der Waals surface area contributed by atoms with Crippen molar-refractivity contribution in [3.63, 3.8) is 0 Å². The highest BCUT2D eigenvalue weighted by Gasteiger charge is 2.14. The van der Waals surface area contributed by atoms with Crippen molar-refractivity contribution in [3.05, 3.63) is 35.0 Å². The fraction of sp³-hybridized carbons (Fsp3) is 0.308. The van der Waals surface area contributed by atoms with Gasteiger partial charge in [-0.05, 0) is 44.0 Å². The Morgan fingerprint density at radius 2 is 2.06 bits per heavy atom. The minimum atomic E-state index is -0.860. The lowest BCUT2D eigenvalue weighted by Gasteiger charge is -2.05. The molecule has 2 aromatic rings. The van der Waals surface area contributed by atoms with E-state index in [-0.39, 0.29) is 0 Å². The van der Waals surface area contributed by atoms with E-state index in [0.29, 0.717) is 5.56 Å². The second-order valence-corrected chi connectivity index (χ2v) is 4.11. The van der Waals surface area contributed by atoms with E-state index in [0.717, 1.165) is 28.6 Å². The monoisotopic (exact) mass is 217 g/mol. The summed E-state index contributed by atoms with van der Waals surface area (Å²) in [4.78, 5) is 11.2. The van der Waals surface area contributed by atoms with Crippen molar-refractivity contribution in [1.29, 1.82) is 0 Å². The molecular weight excluding hydrogens is 202 g/mol. The first-order chi connectivity index (χ1) is 7.54. The van der Waals surface area contributed by atoms with Crippen LogP contribution in [0.2, 0.25) is 0 Å². The van der Waals surface area contributed by atoms with Crippen molar-refractivity contribution in [3.8, 4) is 0 Å². The molecule has 3 nitrogen and oxygen atoms in total. The summed E-state index contributed by atoms with van der Waals surface area (Å²) in [6.45, 7) is 6.74. The zero-order valence-corrected chi connectivity index (χ0v) is 9.74. The molecule has 16 heavy (non-hydrogen) atoms. The minimum absolute atomic E-state index is 0.393. The highest BCUT2D eigenvalue weighted by molar-refractivity contribution is 6.03. The van der Waals surface area contributed by atoms with E-state index in [1.165, 1.54) is 0 Å². The molecule has 0 bridgehead atoms. The number of benzene rings is 1. The van der Waals surface area contributed by atoms with Crippen LogP contribution >= 0.6 is 0 Å². The van der Waals surface area contributed by atoms with E-state index in [1.807, 2.05) is 37.6 Å². The fourth-order valence-corrected chi connectivity index (χ4v) is 2.17. The number of aromatic nitrogens is 1. The topological polar surface area (TPSA) is 42.2 Å². The quantitative estimate of drug-likeness (QED) is 0.840. The Labute approximate surface area is 94.3 Å². The smallest absolute Gasteiger partial charge is 0.337 e. The van der Waals surface area contributed by atoms with Gasteiger partial charge >= 0.3 is 5.97 Å². The van der Waals surface area contributed by atoms with E-state index in [9.17, 15) is 9.90 Å². The Hall–Kier alpha value is -1.77. The van der Waals surface area contributed by atoms with Gasteiger partial charge in [-0.3, -0.25) is 0 Å². The van der Waals surface area contributed by atoms with Crippen LogP contribution in [0.5, 0.6) is 0 Å². The van der Waals surface area contributed by atoms with Crippen molar-refractivity contribution in [1.82, 2.24) is 4.57 Å². The van der Waals surface area contributed by atoms with Crippen LogP contribution in [0.4, 0.5) is 0 Å². The molecule has 1 aromatic carbocycles. The maximum Gasteiger partial charge on any atom is 0.337 e. The van der Waals surface area contributed by atoms with E-state index in [4.69, 9.17) is 0 Å². The molecule has 84 valence electrons. The van der Waals surface area contributed by atoms with Crippen LogP contribution in [0.3, 0.4) is 0 Å². The molecule has 3 heteroatoms. The minimum Gasteiger partial charge on any atom is -0.478 e. The van der Waals surface area contributed by atoms with Crippen LogP contribution in [-0.4, -0.2) is 15.6 Å². The van der Waals surface area contributed by atoms with Gasteiger partial charge in [-0.15, -0.1) is 0 Å². The largest absolute Gasteiger partial charge is 0.478 e. The average molecular weight is 217 g/mol. The molecule has 1 heterocycles. The SMILES string of the molecule is CCn1cc(C)c2cc(C)cc(C(=O)O)c21. The summed E-state index contributed by atoms with van der Waals surface area (Å²) in [6.07, 6.45) is 2.01. The van der Waals surface area contributed by atoms with Crippen molar-refractivity contribution in [2.75, 3.05) is 0 Å². The molecular formula is C13H15NO2. The molecule has 0 spiro atoms. The predicted octanol–water partition coefficient (Wildman–Crippen LogP) is 2.98. The van der Waals surface area contributed by atoms with Crippen LogP contribution in [0, 0.1) is 13.8 Å². The molecule has 0 saturated carbocycles. The van der Waals surface area contributed by atoms with Gasteiger partial charge in [0.15, 0.2) is 0 Å². The van der Waals surface area contributed by atoms with E-state index < -0.39 is 5.97 Å². The average Bonchev–Trinajstić information content (AvgIpc) is 2.54. The maximum atomic E-state index is 11.2. The summed E-state index contributed by atoms with van der Waals surface area (Å²) in [6, 6.07) is 3.78.